The van der Waals surface area contributed by atoms with Gasteiger partial charge in [0, 0.05) is 7.05 Å². The molecule has 15 heavy (non-hydrogen) atoms. The van der Waals surface area contributed by atoms with Gasteiger partial charge in [0.25, 0.3) is 5.88 Å². The van der Waals surface area contributed by atoms with Crippen molar-refractivity contribution in [3.63, 3.8) is 0 Å². The average molecular weight is 212 g/mol. The van der Waals surface area contributed by atoms with E-state index in [1.807, 2.05) is 6.92 Å². The number of hydrogen-bond acceptors (Lipinski definition) is 6. The molecule has 0 saturated carbocycles. The highest BCUT2D eigenvalue weighted by atomic mass is 16.6. The number of aromatic nitrogens is 2. The highest BCUT2D eigenvalue weighted by Crippen LogP contribution is 2.24. The number of nitrogens with one attached hydrogen (secondary N) is 1. The second-order valence-electron chi connectivity index (χ2n) is 2.74. The molecule has 1 rings (SSSR count). The molecule has 0 fully saturated rings. The zero-order valence-electron chi connectivity index (χ0n) is 8.56. The average Bonchev–Trinajstić information content (AvgIpc) is 2.25. The van der Waals surface area contributed by atoms with Crippen molar-refractivity contribution in [2.24, 2.45) is 0 Å². The van der Waals surface area contributed by atoms with Crippen molar-refractivity contribution in [3.05, 3.63) is 16.3 Å². The Kier molecular flexibility index (Phi) is 3.78. The molecule has 1 aromatic heterocycles. The van der Waals surface area contributed by atoms with Gasteiger partial charge < -0.3 is 10.1 Å². The molecule has 0 aliphatic heterocycles. The number of nitrogens with zero attached hydrogens (tertiary/aromatic N) is 3. The van der Waals surface area contributed by atoms with Gasteiger partial charge in [-0.2, -0.15) is 4.98 Å². The Morgan fingerprint density at radius 3 is 2.93 bits per heavy atom. The van der Waals surface area contributed by atoms with Gasteiger partial charge in [-0.1, -0.05) is 6.92 Å². The molecule has 0 aliphatic rings. The van der Waals surface area contributed by atoms with Gasteiger partial charge in [-0.15, -0.1) is 0 Å². The van der Waals surface area contributed by atoms with E-state index < -0.39 is 4.92 Å². The standard InChI is InChI=1S/C8H12N4O3/c1-3-4-15-7-6(12(13)14)5-10-8(9-2)11-7/h5H,3-4H2,1-2H3,(H,9,10,11). The third kappa shape index (κ3) is 2.76. The van der Waals surface area contributed by atoms with Gasteiger partial charge in [0.2, 0.25) is 5.95 Å². The third-order valence-corrected chi connectivity index (χ3v) is 1.60. The molecule has 0 saturated heterocycles. The van der Waals surface area contributed by atoms with Crippen molar-refractivity contribution in [1.82, 2.24) is 9.97 Å². The molecule has 0 radical (unpaired) electrons. The number of hydrogen-bond donors (Lipinski definition) is 1. The van der Waals surface area contributed by atoms with Gasteiger partial charge in [0.1, 0.15) is 6.20 Å². The maximum Gasteiger partial charge on any atom is 0.349 e. The second-order valence-corrected chi connectivity index (χ2v) is 2.74. The fourth-order valence-corrected chi connectivity index (χ4v) is 0.910. The van der Waals surface area contributed by atoms with E-state index >= 15 is 0 Å². The van der Waals surface area contributed by atoms with E-state index in [0.29, 0.717) is 12.6 Å². The van der Waals surface area contributed by atoms with Gasteiger partial charge in [0.05, 0.1) is 11.5 Å². The summed E-state index contributed by atoms with van der Waals surface area (Å²) in [5.74, 6) is 0.299. The number of anilines is 1. The minimum absolute atomic E-state index is 0.00111. The molecule has 0 spiro atoms. The molecule has 1 heterocycles. The minimum Gasteiger partial charge on any atom is -0.473 e. The molecule has 82 valence electrons. The normalized spacial score (nSPS) is 9.73. The van der Waals surface area contributed by atoms with Crippen LogP contribution < -0.4 is 10.1 Å². The maximum absolute atomic E-state index is 10.6. The molecule has 7 heteroatoms. The third-order valence-electron chi connectivity index (χ3n) is 1.60. The van der Waals surface area contributed by atoms with Crippen molar-refractivity contribution in [3.8, 4) is 5.88 Å². The lowest BCUT2D eigenvalue weighted by Gasteiger charge is -2.05. The molecular formula is C8H12N4O3. The topological polar surface area (TPSA) is 90.2 Å². The van der Waals surface area contributed by atoms with Crippen LogP contribution in [-0.4, -0.2) is 28.5 Å². The summed E-state index contributed by atoms with van der Waals surface area (Å²) in [6.45, 7) is 2.30. The SMILES string of the molecule is CCCOc1nc(NC)ncc1[N+](=O)[O-]. The molecule has 0 bridgehead atoms. The predicted molar refractivity (Wildman–Crippen MR) is 54.0 cm³/mol. The fraction of sp³-hybridized carbons (Fsp3) is 0.500. The predicted octanol–water partition coefficient (Wildman–Crippen LogP) is 1.22. The highest BCUT2D eigenvalue weighted by molar-refractivity contribution is 5.42. The molecule has 0 unspecified atom stereocenters. The minimum atomic E-state index is -0.565. The van der Waals surface area contributed by atoms with E-state index in [4.69, 9.17) is 4.74 Å². The smallest absolute Gasteiger partial charge is 0.349 e. The summed E-state index contributed by atoms with van der Waals surface area (Å²) in [6.07, 6.45) is 1.89. The molecule has 1 aromatic rings. The van der Waals surface area contributed by atoms with Crippen LogP contribution in [0.15, 0.2) is 6.20 Å². The summed E-state index contributed by atoms with van der Waals surface area (Å²) >= 11 is 0. The van der Waals surface area contributed by atoms with Crippen molar-refractivity contribution in [1.29, 1.82) is 0 Å². The molecular weight excluding hydrogens is 200 g/mol. The van der Waals surface area contributed by atoms with Crippen molar-refractivity contribution >= 4 is 11.6 Å². The summed E-state index contributed by atoms with van der Waals surface area (Å²) in [4.78, 5) is 17.7. The molecule has 0 aromatic carbocycles. The summed E-state index contributed by atoms with van der Waals surface area (Å²) in [5.41, 5.74) is -0.220. The van der Waals surface area contributed by atoms with E-state index in [1.165, 1.54) is 0 Å². The Balaban J connectivity index is 2.99. The van der Waals surface area contributed by atoms with E-state index in [0.717, 1.165) is 12.6 Å². The lowest BCUT2D eigenvalue weighted by atomic mass is 10.5. The fourth-order valence-electron chi connectivity index (χ4n) is 0.910. The van der Waals surface area contributed by atoms with Gasteiger partial charge in [0.15, 0.2) is 0 Å². The summed E-state index contributed by atoms with van der Waals surface area (Å²) < 4.78 is 5.16. The Labute approximate surface area is 86.6 Å². The maximum atomic E-state index is 10.6. The van der Waals surface area contributed by atoms with Crippen LogP contribution in [0.4, 0.5) is 11.6 Å². The lowest BCUT2D eigenvalue weighted by Crippen LogP contribution is -2.05. The van der Waals surface area contributed by atoms with E-state index in [1.54, 1.807) is 7.05 Å². The molecule has 0 atom stereocenters. The van der Waals surface area contributed by atoms with Gasteiger partial charge in [-0.05, 0) is 6.42 Å². The summed E-state index contributed by atoms with van der Waals surface area (Å²) in [6, 6.07) is 0. The number of ether oxygens (including phenoxy) is 1. The second kappa shape index (κ2) is 5.08. The van der Waals surface area contributed by atoms with Crippen molar-refractivity contribution in [2.75, 3.05) is 19.0 Å². The zero-order chi connectivity index (χ0) is 11.3. The first-order chi connectivity index (χ1) is 7.19. The van der Waals surface area contributed by atoms with E-state index in [9.17, 15) is 10.1 Å². The first-order valence-electron chi connectivity index (χ1n) is 4.51. The van der Waals surface area contributed by atoms with Crippen LogP contribution in [-0.2, 0) is 0 Å². The van der Waals surface area contributed by atoms with Crippen LogP contribution in [0.25, 0.3) is 0 Å². The first kappa shape index (κ1) is 11.2. The molecule has 0 aliphatic carbocycles. The van der Waals surface area contributed by atoms with Crippen molar-refractivity contribution in [2.45, 2.75) is 13.3 Å². The molecule has 0 amide bonds. The Bertz CT molecular complexity index is 356. The summed E-state index contributed by atoms with van der Waals surface area (Å²) in [5, 5.41) is 13.3. The number of rotatable bonds is 5. The van der Waals surface area contributed by atoms with Crippen LogP contribution in [0.2, 0.25) is 0 Å². The van der Waals surface area contributed by atoms with Crippen LogP contribution in [0.5, 0.6) is 5.88 Å². The van der Waals surface area contributed by atoms with Gasteiger partial charge in [-0.25, -0.2) is 4.98 Å². The lowest BCUT2D eigenvalue weighted by molar-refractivity contribution is -0.386. The summed E-state index contributed by atoms with van der Waals surface area (Å²) in [7, 11) is 1.63. The highest BCUT2D eigenvalue weighted by Gasteiger charge is 2.18. The van der Waals surface area contributed by atoms with E-state index in [2.05, 4.69) is 15.3 Å². The van der Waals surface area contributed by atoms with Crippen LogP contribution in [0.1, 0.15) is 13.3 Å². The molecule has 1 N–H and O–H groups in total. The van der Waals surface area contributed by atoms with E-state index in [-0.39, 0.29) is 11.6 Å². The van der Waals surface area contributed by atoms with Crippen LogP contribution in [0.3, 0.4) is 0 Å². The Hall–Kier alpha value is -1.92. The largest absolute Gasteiger partial charge is 0.473 e. The Morgan fingerprint density at radius 1 is 1.67 bits per heavy atom. The molecule has 7 nitrogen and oxygen atoms in total. The quantitative estimate of drug-likeness (QED) is 0.582. The number of nitro groups is 1. The monoisotopic (exact) mass is 212 g/mol. The first-order valence-corrected chi connectivity index (χ1v) is 4.51. The van der Waals surface area contributed by atoms with Crippen LogP contribution in [0, 0.1) is 10.1 Å². The van der Waals surface area contributed by atoms with Gasteiger partial charge >= 0.3 is 5.69 Å². The van der Waals surface area contributed by atoms with Gasteiger partial charge in [-0.3, -0.25) is 10.1 Å². The van der Waals surface area contributed by atoms with Crippen LogP contribution >= 0.6 is 0 Å². The zero-order valence-corrected chi connectivity index (χ0v) is 8.56. The Morgan fingerprint density at radius 2 is 2.40 bits per heavy atom. The van der Waals surface area contributed by atoms with Crippen molar-refractivity contribution < 1.29 is 9.66 Å².